The van der Waals surface area contributed by atoms with Crippen molar-refractivity contribution in [3.8, 4) is 5.75 Å². The Hall–Kier alpha value is -0.390. The average Bonchev–Trinajstić information content (AvgIpc) is 2.36. The molecule has 1 rings (SSSR count). The Labute approximate surface area is 133 Å². The van der Waals surface area contributed by atoms with Gasteiger partial charge in [0.15, 0.2) is 5.75 Å². The highest BCUT2D eigenvalue weighted by Crippen LogP contribution is 2.48. The molecule has 0 aliphatic rings. The summed E-state index contributed by atoms with van der Waals surface area (Å²) in [6, 6.07) is 0. The van der Waals surface area contributed by atoms with Crippen LogP contribution in [0, 0.1) is 0 Å². The summed E-state index contributed by atoms with van der Waals surface area (Å²) in [5, 5.41) is 7.80. The van der Waals surface area contributed by atoms with Crippen molar-refractivity contribution in [2.75, 3.05) is 0 Å². The zero-order valence-corrected chi connectivity index (χ0v) is 12.8. The maximum absolute atomic E-state index is 11.4. The number of carbonyl (C=O) groups is 2. The summed E-state index contributed by atoms with van der Waals surface area (Å²) in [4.78, 5) is 21.7. The number of benzene rings is 1. The molecule has 1 N–H and O–H groups in total. The van der Waals surface area contributed by atoms with Crippen LogP contribution in [0.3, 0.4) is 0 Å². The minimum Gasteiger partial charge on any atom is -0.481 e. The van der Waals surface area contributed by atoms with E-state index in [-0.39, 0.29) is 43.7 Å². The Morgan fingerprint density at radius 2 is 1.26 bits per heavy atom. The molecule has 0 radical (unpaired) electrons. The number of aliphatic carboxylic acids is 1. The van der Waals surface area contributed by atoms with Gasteiger partial charge in [-0.1, -0.05) is 58.0 Å². The van der Waals surface area contributed by atoms with Crippen LogP contribution in [-0.2, 0) is 9.59 Å². The molecule has 19 heavy (non-hydrogen) atoms. The first-order chi connectivity index (χ1) is 8.75. The van der Waals surface area contributed by atoms with Crippen LogP contribution < -0.4 is 4.74 Å². The molecule has 0 unspecified atom stereocenters. The summed E-state index contributed by atoms with van der Waals surface area (Å²) >= 11 is 29.0. The van der Waals surface area contributed by atoms with Crippen LogP contribution in [0.5, 0.6) is 5.75 Å². The third-order valence-electron chi connectivity index (χ3n) is 1.93. The second kappa shape index (κ2) is 6.86. The molecule has 0 aliphatic heterocycles. The summed E-state index contributed by atoms with van der Waals surface area (Å²) in [6.45, 7) is 0. The van der Waals surface area contributed by atoms with Gasteiger partial charge in [-0.3, -0.25) is 9.59 Å². The molecular formula is C10H5Cl5O4. The van der Waals surface area contributed by atoms with E-state index >= 15 is 0 Å². The Balaban J connectivity index is 3.02. The average molecular weight is 366 g/mol. The van der Waals surface area contributed by atoms with Crippen LogP contribution in [0.1, 0.15) is 12.8 Å². The zero-order chi connectivity index (χ0) is 14.7. The van der Waals surface area contributed by atoms with E-state index in [1.807, 2.05) is 0 Å². The fourth-order valence-electron chi connectivity index (χ4n) is 1.05. The van der Waals surface area contributed by atoms with E-state index in [2.05, 4.69) is 0 Å². The monoisotopic (exact) mass is 364 g/mol. The number of esters is 1. The molecule has 1 aromatic carbocycles. The molecule has 0 saturated carbocycles. The van der Waals surface area contributed by atoms with Crippen LogP contribution >= 0.6 is 58.0 Å². The van der Waals surface area contributed by atoms with Crippen LogP contribution in [0.25, 0.3) is 0 Å². The molecule has 9 heteroatoms. The Morgan fingerprint density at radius 3 is 1.68 bits per heavy atom. The zero-order valence-electron chi connectivity index (χ0n) is 8.98. The van der Waals surface area contributed by atoms with Crippen molar-refractivity contribution < 1.29 is 19.4 Å². The highest BCUT2D eigenvalue weighted by atomic mass is 35.5. The number of carboxylic acid groups (broad SMARTS) is 1. The van der Waals surface area contributed by atoms with Gasteiger partial charge in [-0.05, 0) is 0 Å². The maximum Gasteiger partial charge on any atom is 0.311 e. The highest BCUT2D eigenvalue weighted by molar-refractivity contribution is 6.55. The van der Waals surface area contributed by atoms with Crippen molar-refractivity contribution in [3.05, 3.63) is 25.1 Å². The molecule has 0 fully saturated rings. The molecule has 0 bridgehead atoms. The van der Waals surface area contributed by atoms with E-state index in [0.29, 0.717) is 0 Å². The minimum absolute atomic E-state index is 0.0660. The van der Waals surface area contributed by atoms with Gasteiger partial charge in [-0.15, -0.1) is 0 Å². The minimum atomic E-state index is -1.14. The summed E-state index contributed by atoms with van der Waals surface area (Å²) in [6.07, 6.45) is -0.733. The maximum atomic E-state index is 11.4. The van der Waals surface area contributed by atoms with Gasteiger partial charge in [0, 0.05) is 0 Å². The van der Waals surface area contributed by atoms with Crippen LogP contribution in [0.2, 0.25) is 25.1 Å². The molecule has 4 nitrogen and oxygen atoms in total. The van der Waals surface area contributed by atoms with E-state index < -0.39 is 11.9 Å². The Morgan fingerprint density at radius 1 is 0.842 bits per heavy atom. The Kier molecular flexibility index (Phi) is 6.02. The fraction of sp³-hybridized carbons (Fsp3) is 0.200. The van der Waals surface area contributed by atoms with E-state index in [1.54, 1.807) is 0 Å². The number of ether oxygens (including phenoxy) is 1. The van der Waals surface area contributed by atoms with Gasteiger partial charge in [-0.25, -0.2) is 0 Å². The topological polar surface area (TPSA) is 63.6 Å². The van der Waals surface area contributed by atoms with E-state index in [0.717, 1.165) is 0 Å². The predicted octanol–water partition coefficient (Wildman–Crippen LogP) is 4.72. The first kappa shape index (κ1) is 16.7. The van der Waals surface area contributed by atoms with Crippen molar-refractivity contribution in [1.29, 1.82) is 0 Å². The molecule has 0 atom stereocenters. The lowest BCUT2D eigenvalue weighted by Crippen LogP contribution is -2.11. The molecule has 0 aromatic heterocycles. The molecule has 0 heterocycles. The third-order valence-corrected chi connectivity index (χ3v) is 4.17. The lowest BCUT2D eigenvalue weighted by Gasteiger charge is -2.12. The number of hydrogen-bond donors (Lipinski definition) is 1. The van der Waals surface area contributed by atoms with Gasteiger partial charge in [0.2, 0.25) is 0 Å². The largest absolute Gasteiger partial charge is 0.481 e. The number of carbonyl (C=O) groups excluding carboxylic acids is 1. The summed E-state index contributed by atoms with van der Waals surface area (Å²) in [5.74, 6) is -2.22. The van der Waals surface area contributed by atoms with Crippen LogP contribution in [0.4, 0.5) is 0 Å². The van der Waals surface area contributed by atoms with Gasteiger partial charge >= 0.3 is 11.9 Å². The van der Waals surface area contributed by atoms with E-state index in [1.165, 1.54) is 0 Å². The first-order valence-corrected chi connectivity index (χ1v) is 6.58. The van der Waals surface area contributed by atoms with Gasteiger partial charge < -0.3 is 9.84 Å². The second-order valence-corrected chi connectivity index (χ2v) is 5.16. The SMILES string of the molecule is O=C(O)CCC(=O)Oc1c(Cl)c(Cl)c(Cl)c(Cl)c1Cl. The normalized spacial score (nSPS) is 10.4. The van der Waals surface area contributed by atoms with Crippen LogP contribution in [-0.4, -0.2) is 17.0 Å². The smallest absolute Gasteiger partial charge is 0.311 e. The van der Waals surface area contributed by atoms with Crippen molar-refractivity contribution in [1.82, 2.24) is 0 Å². The van der Waals surface area contributed by atoms with Crippen molar-refractivity contribution in [3.63, 3.8) is 0 Å². The lowest BCUT2D eigenvalue weighted by molar-refractivity contribution is -0.142. The van der Waals surface area contributed by atoms with Crippen molar-refractivity contribution >= 4 is 69.9 Å². The predicted molar refractivity (Wildman–Crippen MR) is 74.0 cm³/mol. The lowest BCUT2D eigenvalue weighted by atomic mass is 10.3. The van der Waals surface area contributed by atoms with Gasteiger partial charge in [-0.2, -0.15) is 0 Å². The number of carboxylic acids is 1. The quantitative estimate of drug-likeness (QED) is 0.362. The molecule has 0 saturated heterocycles. The van der Waals surface area contributed by atoms with Crippen molar-refractivity contribution in [2.24, 2.45) is 0 Å². The molecule has 104 valence electrons. The first-order valence-electron chi connectivity index (χ1n) is 4.69. The molecule has 0 amide bonds. The summed E-state index contributed by atoms with van der Waals surface area (Å²) < 4.78 is 4.85. The molecular weight excluding hydrogens is 361 g/mol. The number of rotatable bonds is 4. The highest BCUT2D eigenvalue weighted by Gasteiger charge is 2.22. The second-order valence-electron chi connectivity index (χ2n) is 3.27. The summed E-state index contributed by atoms with van der Waals surface area (Å²) in [7, 11) is 0. The van der Waals surface area contributed by atoms with Crippen LogP contribution in [0.15, 0.2) is 0 Å². The third kappa shape index (κ3) is 4.04. The number of hydrogen-bond acceptors (Lipinski definition) is 3. The molecule has 0 aliphatic carbocycles. The molecule has 0 spiro atoms. The standard InChI is InChI=1S/C10H5Cl5O4/c11-5-6(12)8(14)10(9(15)7(5)13)19-4(18)2-1-3(16)17/h1-2H2,(H,16,17). The van der Waals surface area contributed by atoms with Gasteiger partial charge in [0.1, 0.15) is 10.0 Å². The molecule has 1 aromatic rings. The fourth-order valence-corrected chi connectivity index (χ4v) is 2.25. The van der Waals surface area contributed by atoms with Crippen molar-refractivity contribution in [2.45, 2.75) is 12.8 Å². The van der Waals surface area contributed by atoms with Gasteiger partial charge in [0.25, 0.3) is 0 Å². The van der Waals surface area contributed by atoms with Gasteiger partial charge in [0.05, 0.1) is 27.9 Å². The van der Waals surface area contributed by atoms with E-state index in [4.69, 9.17) is 67.8 Å². The summed E-state index contributed by atoms with van der Waals surface area (Å²) in [5.41, 5.74) is 0. The Bertz CT molecular complexity index is 514. The van der Waals surface area contributed by atoms with E-state index in [9.17, 15) is 9.59 Å². The number of halogens is 5.